The van der Waals surface area contributed by atoms with Gasteiger partial charge in [-0.05, 0) is 50.9 Å². The highest BCUT2D eigenvalue weighted by Gasteiger charge is 2.58. The quantitative estimate of drug-likeness (QED) is 0.344. The molecule has 0 spiro atoms. The number of nitrogens with zero attached hydrogens (tertiary/aromatic N) is 4. The van der Waals surface area contributed by atoms with Crippen molar-refractivity contribution in [3.63, 3.8) is 0 Å². The lowest BCUT2D eigenvalue weighted by Gasteiger charge is -2.61. The van der Waals surface area contributed by atoms with Crippen molar-refractivity contribution >= 4 is 41.0 Å². The van der Waals surface area contributed by atoms with Gasteiger partial charge in [0.25, 0.3) is 5.91 Å². The van der Waals surface area contributed by atoms with Crippen molar-refractivity contribution in [3.8, 4) is 0 Å². The van der Waals surface area contributed by atoms with Crippen LogP contribution >= 0.6 is 11.6 Å². The summed E-state index contributed by atoms with van der Waals surface area (Å²) in [5, 5.41) is 16.3. The standard InChI is InChI=1S/C24H26ClFN8O3/c25-17-6-19-28-15(21(35)27-12-1-2-12)10-34(19)22(29-17)30-18-5-14(32-33-18)13-3-4-16(20(13)26)37-23(36)31-24-7-11(8-24)9-24/h5-6,10-13,16,20H,1-4,7-9H2,(H,27,35)(H,31,36)(H2,29,30,32,33)/t11?,13-,16-,20+,24?/m1/s1. The summed E-state index contributed by atoms with van der Waals surface area (Å²) in [7, 11) is 0. The molecule has 2 bridgehead atoms. The molecule has 0 saturated heterocycles. The van der Waals surface area contributed by atoms with Gasteiger partial charge in [-0.2, -0.15) is 5.10 Å². The number of ether oxygens (including phenoxy) is 1. The van der Waals surface area contributed by atoms with E-state index in [4.69, 9.17) is 16.3 Å². The molecule has 5 aliphatic carbocycles. The average Bonchev–Trinajstić information content (AvgIpc) is 3.17. The van der Waals surface area contributed by atoms with E-state index in [-0.39, 0.29) is 28.3 Å². The normalized spacial score (nSPS) is 29.9. The number of hydrogen-bond acceptors (Lipinski definition) is 7. The van der Waals surface area contributed by atoms with E-state index in [2.05, 4.69) is 36.1 Å². The molecule has 4 N–H and O–H groups in total. The Morgan fingerprint density at radius 2 is 1.97 bits per heavy atom. The number of aromatic amines is 1. The van der Waals surface area contributed by atoms with Crippen molar-refractivity contribution in [2.24, 2.45) is 5.92 Å². The highest BCUT2D eigenvalue weighted by molar-refractivity contribution is 6.29. The van der Waals surface area contributed by atoms with Crippen molar-refractivity contribution < 1.29 is 18.7 Å². The second-order valence-electron chi connectivity index (χ2n) is 10.8. The van der Waals surface area contributed by atoms with E-state index in [9.17, 15) is 9.59 Å². The molecule has 3 aromatic heterocycles. The lowest BCUT2D eigenvalue weighted by Crippen LogP contribution is -2.68. The number of aromatic nitrogens is 5. The molecule has 13 heteroatoms. The second kappa shape index (κ2) is 8.30. The Labute approximate surface area is 215 Å². The summed E-state index contributed by atoms with van der Waals surface area (Å²) in [6, 6.07) is 3.47. The fraction of sp³-hybridized carbons (Fsp3) is 0.542. The minimum absolute atomic E-state index is 0.105. The Morgan fingerprint density at radius 1 is 1.16 bits per heavy atom. The average molecular weight is 529 g/mol. The van der Waals surface area contributed by atoms with Gasteiger partial charge in [0.05, 0.1) is 0 Å². The SMILES string of the molecule is O=C(NC12CC(C1)C2)O[C@@H]1CC[C@H](c2cc(Nc3nc(Cl)cc4nc(C(=O)NC5CC5)cn34)n[nH]2)[C@@H]1F. The van der Waals surface area contributed by atoms with E-state index >= 15 is 4.39 Å². The minimum atomic E-state index is -1.34. The third-order valence-corrected chi connectivity index (χ3v) is 8.16. The Kier molecular flexibility index (Phi) is 5.11. The summed E-state index contributed by atoms with van der Waals surface area (Å²) in [5.74, 6) is 0.721. The summed E-state index contributed by atoms with van der Waals surface area (Å²) in [6.45, 7) is 0. The van der Waals surface area contributed by atoms with Crippen LogP contribution in [0.3, 0.4) is 0 Å². The molecule has 194 valence electrons. The zero-order chi connectivity index (χ0) is 25.3. The molecule has 0 aliphatic heterocycles. The smallest absolute Gasteiger partial charge is 0.407 e. The van der Waals surface area contributed by atoms with Crippen molar-refractivity contribution in [2.75, 3.05) is 5.32 Å². The zero-order valence-corrected chi connectivity index (χ0v) is 20.6. The number of rotatable bonds is 7. The molecule has 0 radical (unpaired) electrons. The van der Waals surface area contributed by atoms with Gasteiger partial charge in [-0.15, -0.1) is 0 Å². The molecule has 5 fully saturated rings. The van der Waals surface area contributed by atoms with E-state index in [1.165, 1.54) is 0 Å². The van der Waals surface area contributed by atoms with Crippen molar-refractivity contribution in [1.82, 2.24) is 35.2 Å². The van der Waals surface area contributed by atoms with Crippen molar-refractivity contribution in [3.05, 3.63) is 34.9 Å². The molecule has 37 heavy (non-hydrogen) atoms. The third kappa shape index (κ3) is 4.16. The lowest BCUT2D eigenvalue weighted by atomic mass is 9.50. The third-order valence-electron chi connectivity index (χ3n) is 7.97. The van der Waals surface area contributed by atoms with Gasteiger partial charge >= 0.3 is 6.09 Å². The highest BCUT2D eigenvalue weighted by atomic mass is 35.5. The van der Waals surface area contributed by atoms with Gasteiger partial charge in [0.2, 0.25) is 5.95 Å². The largest absolute Gasteiger partial charge is 0.443 e. The van der Waals surface area contributed by atoms with Gasteiger partial charge < -0.3 is 20.7 Å². The maximum atomic E-state index is 15.3. The molecule has 0 unspecified atom stereocenters. The first-order valence-electron chi connectivity index (χ1n) is 12.7. The number of hydrogen-bond donors (Lipinski definition) is 4. The van der Waals surface area contributed by atoms with Crippen LogP contribution in [-0.4, -0.2) is 60.4 Å². The van der Waals surface area contributed by atoms with E-state index in [1.807, 2.05) is 0 Å². The van der Waals surface area contributed by atoms with Crippen LogP contribution in [0, 0.1) is 5.92 Å². The summed E-state index contributed by atoms with van der Waals surface area (Å²) in [6.07, 6.45) is 4.83. The van der Waals surface area contributed by atoms with Gasteiger partial charge in [-0.1, -0.05) is 11.6 Å². The minimum Gasteiger partial charge on any atom is -0.443 e. The Balaban J connectivity index is 1.03. The van der Waals surface area contributed by atoms with Crippen LogP contribution in [-0.2, 0) is 4.74 Å². The molecule has 11 nitrogen and oxygen atoms in total. The van der Waals surface area contributed by atoms with Crippen molar-refractivity contribution in [1.29, 1.82) is 0 Å². The Bertz CT molecular complexity index is 1390. The first kappa shape index (κ1) is 22.8. The molecule has 5 aliphatic rings. The number of halogens is 2. The zero-order valence-electron chi connectivity index (χ0n) is 19.8. The number of imidazole rings is 1. The van der Waals surface area contributed by atoms with Crippen LogP contribution in [0.15, 0.2) is 18.3 Å². The lowest BCUT2D eigenvalue weighted by molar-refractivity contribution is -0.0532. The topological polar surface area (TPSA) is 138 Å². The number of fused-ring (bicyclic) bond motifs is 1. The number of amides is 2. The van der Waals surface area contributed by atoms with Crippen LogP contribution in [0.1, 0.15) is 67.0 Å². The molecular weight excluding hydrogens is 503 g/mol. The molecule has 8 rings (SSSR count). The molecule has 5 saturated carbocycles. The first-order valence-corrected chi connectivity index (χ1v) is 13.0. The fourth-order valence-electron chi connectivity index (χ4n) is 5.74. The monoisotopic (exact) mass is 528 g/mol. The molecular formula is C24H26ClFN8O3. The maximum absolute atomic E-state index is 15.3. The summed E-state index contributed by atoms with van der Waals surface area (Å²) < 4.78 is 22.3. The predicted molar refractivity (Wildman–Crippen MR) is 131 cm³/mol. The van der Waals surface area contributed by atoms with E-state index in [0.717, 1.165) is 38.0 Å². The van der Waals surface area contributed by atoms with Crippen LogP contribution in [0.5, 0.6) is 0 Å². The van der Waals surface area contributed by atoms with Gasteiger partial charge in [0.1, 0.15) is 28.8 Å². The number of anilines is 2. The Hall–Kier alpha value is -3.41. The second-order valence-corrected chi connectivity index (χ2v) is 11.2. The molecule has 0 aromatic carbocycles. The van der Waals surface area contributed by atoms with E-state index in [0.29, 0.717) is 35.9 Å². The maximum Gasteiger partial charge on any atom is 0.407 e. The number of alkyl halides is 1. The summed E-state index contributed by atoms with van der Waals surface area (Å²) in [5.41, 5.74) is 1.20. The molecule has 3 atom stereocenters. The highest BCUT2D eigenvalue weighted by Crippen LogP contribution is 2.57. The van der Waals surface area contributed by atoms with E-state index < -0.39 is 24.3 Å². The van der Waals surface area contributed by atoms with Crippen molar-refractivity contribution in [2.45, 2.75) is 74.7 Å². The summed E-state index contributed by atoms with van der Waals surface area (Å²) in [4.78, 5) is 33.4. The number of H-pyrrole nitrogens is 1. The number of carbonyl (C=O) groups is 2. The van der Waals surface area contributed by atoms with Gasteiger partial charge in [0, 0.05) is 41.5 Å². The van der Waals surface area contributed by atoms with Gasteiger partial charge in [-0.25, -0.2) is 19.2 Å². The van der Waals surface area contributed by atoms with E-state index in [1.54, 1.807) is 22.7 Å². The van der Waals surface area contributed by atoms with Crippen LogP contribution in [0.4, 0.5) is 21.0 Å². The van der Waals surface area contributed by atoms with Crippen LogP contribution in [0.25, 0.3) is 5.65 Å². The molecule has 2 amide bonds. The number of alkyl carbamates (subject to hydrolysis) is 1. The molecule has 3 aromatic rings. The number of carbonyl (C=O) groups excluding carboxylic acids is 2. The summed E-state index contributed by atoms with van der Waals surface area (Å²) >= 11 is 6.18. The molecule has 3 heterocycles. The van der Waals surface area contributed by atoms with Gasteiger partial charge in [-0.3, -0.25) is 14.3 Å². The first-order chi connectivity index (χ1) is 17.8. The van der Waals surface area contributed by atoms with Gasteiger partial charge in [0.15, 0.2) is 5.82 Å². The Morgan fingerprint density at radius 3 is 2.70 bits per heavy atom. The van der Waals surface area contributed by atoms with Crippen LogP contribution in [0.2, 0.25) is 5.15 Å². The predicted octanol–water partition coefficient (Wildman–Crippen LogP) is 3.60. The number of nitrogens with one attached hydrogen (secondary N) is 4. The fourth-order valence-corrected chi connectivity index (χ4v) is 5.91. The van der Waals surface area contributed by atoms with Crippen LogP contribution < -0.4 is 16.0 Å².